The topological polar surface area (TPSA) is 95.5 Å². The van der Waals surface area contributed by atoms with E-state index in [1.807, 2.05) is 13.8 Å². The second-order valence-electron chi connectivity index (χ2n) is 7.44. The molecule has 0 aliphatic rings. The van der Waals surface area contributed by atoms with Gasteiger partial charge in [-0.25, -0.2) is 10.2 Å². The number of amides is 1. The first-order chi connectivity index (χ1) is 17.5. The number of hydrogen-bond donors (Lipinski definition) is 1. The lowest BCUT2D eigenvalue weighted by Gasteiger charge is -2.12. The summed E-state index contributed by atoms with van der Waals surface area (Å²) in [4.78, 5) is 24.6. The molecule has 8 nitrogen and oxygen atoms in total. The first kappa shape index (κ1) is 26.6. The average Bonchev–Trinajstić information content (AvgIpc) is 2.88. The highest BCUT2D eigenvalue weighted by atomic mass is 35.5. The molecule has 0 unspecified atom stereocenters. The Morgan fingerprint density at radius 2 is 1.72 bits per heavy atom. The molecule has 0 bridgehead atoms. The number of carbonyl (C=O) groups excluding carboxylic acids is 2. The van der Waals surface area contributed by atoms with Crippen LogP contribution in [0.3, 0.4) is 0 Å². The van der Waals surface area contributed by atoms with Crippen molar-refractivity contribution in [3.8, 4) is 23.0 Å². The molecule has 0 heterocycles. The molecule has 0 saturated heterocycles. The smallest absolute Gasteiger partial charge is 0.343 e. The molecule has 3 rings (SSSR count). The van der Waals surface area contributed by atoms with Gasteiger partial charge < -0.3 is 18.9 Å². The highest BCUT2D eigenvalue weighted by molar-refractivity contribution is 6.30. The molecule has 0 aliphatic carbocycles. The average molecular weight is 511 g/mol. The summed E-state index contributed by atoms with van der Waals surface area (Å²) in [5.74, 6) is 0.848. The Hall–Kier alpha value is -4.04. The summed E-state index contributed by atoms with van der Waals surface area (Å²) in [6.07, 6.45) is 2.34. The number of halogens is 1. The minimum absolute atomic E-state index is 0.220. The zero-order chi connectivity index (χ0) is 25.8. The molecular weight excluding hydrogens is 484 g/mol. The van der Waals surface area contributed by atoms with E-state index in [0.717, 1.165) is 6.42 Å². The van der Waals surface area contributed by atoms with E-state index in [-0.39, 0.29) is 12.4 Å². The third-order valence-corrected chi connectivity index (χ3v) is 4.84. The van der Waals surface area contributed by atoms with Crippen molar-refractivity contribution in [3.63, 3.8) is 0 Å². The molecule has 0 aromatic heterocycles. The predicted molar refractivity (Wildman–Crippen MR) is 137 cm³/mol. The normalized spacial score (nSPS) is 10.6. The van der Waals surface area contributed by atoms with Crippen LogP contribution in [0.25, 0.3) is 0 Å². The lowest BCUT2D eigenvalue weighted by Crippen LogP contribution is -2.24. The van der Waals surface area contributed by atoms with Crippen molar-refractivity contribution < 1.29 is 28.5 Å². The predicted octanol–water partition coefficient (Wildman–Crippen LogP) is 5.28. The monoisotopic (exact) mass is 510 g/mol. The Bertz CT molecular complexity index is 1200. The number of esters is 1. The number of hydrazone groups is 1. The van der Waals surface area contributed by atoms with Crippen LogP contribution in [0.15, 0.2) is 71.8 Å². The number of benzene rings is 3. The Balaban J connectivity index is 1.58. The van der Waals surface area contributed by atoms with E-state index in [1.165, 1.54) is 6.21 Å². The standard InChI is InChI=1S/C27H27ClN2O6/c1-3-14-34-22-11-9-20(10-12-22)27(32)36-24-13-8-19(15-25(24)33-4-2)17-29-30-26(31)18-35-23-7-5-6-21(28)16-23/h5-13,15-17H,3-4,14,18H2,1-2H3,(H,30,31)/b29-17+. The van der Waals surface area contributed by atoms with Crippen molar-refractivity contribution in [3.05, 3.63) is 82.9 Å². The molecule has 1 N–H and O–H groups in total. The van der Waals surface area contributed by atoms with Crippen molar-refractivity contribution in [1.82, 2.24) is 5.43 Å². The van der Waals surface area contributed by atoms with Gasteiger partial charge in [0.15, 0.2) is 18.1 Å². The van der Waals surface area contributed by atoms with Gasteiger partial charge in [0.2, 0.25) is 0 Å². The number of carbonyl (C=O) groups is 2. The molecule has 36 heavy (non-hydrogen) atoms. The number of nitrogens with one attached hydrogen (secondary N) is 1. The fourth-order valence-corrected chi connectivity index (χ4v) is 3.12. The molecule has 0 saturated carbocycles. The van der Waals surface area contributed by atoms with Gasteiger partial charge in [-0.2, -0.15) is 5.10 Å². The molecule has 3 aromatic rings. The summed E-state index contributed by atoms with van der Waals surface area (Å²) < 4.78 is 22.1. The zero-order valence-electron chi connectivity index (χ0n) is 20.0. The number of hydrogen-bond acceptors (Lipinski definition) is 7. The quantitative estimate of drug-likeness (QED) is 0.154. The lowest BCUT2D eigenvalue weighted by atomic mass is 10.2. The maximum atomic E-state index is 12.6. The van der Waals surface area contributed by atoms with E-state index >= 15 is 0 Å². The van der Waals surface area contributed by atoms with Crippen LogP contribution in [0.2, 0.25) is 5.02 Å². The molecule has 0 atom stereocenters. The third kappa shape index (κ3) is 8.32. The van der Waals surface area contributed by atoms with E-state index in [0.29, 0.717) is 46.6 Å². The van der Waals surface area contributed by atoms with Crippen molar-refractivity contribution in [1.29, 1.82) is 0 Å². The second kappa shape index (κ2) is 13.7. The largest absolute Gasteiger partial charge is 0.494 e. The minimum atomic E-state index is -0.522. The first-order valence-corrected chi connectivity index (χ1v) is 11.8. The summed E-state index contributed by atoms with van der Waals surface area (Å²) in [6.45, 7) is 4.60. The highest BCUT2D eigenvalue weighted by Crippen LogP contribution is 2.29. The van der Waals surface area contributed by atoms with E-state index in [9.17, 15) is 9.59 Å². The van der Waals surface area contributed by atoms with Crippen molar-refractivity contribution in [2.45, 2.75) is 20.3 Å². The summed E-state index contributed by atoms with van der Waals surface area (Å²) >= 11 is 5.89. The van der Waals surface area contributed by atoms with Crippen LogP contribution in [0.1, 0.15) is 36.2 Å². The number of ether oxygens (including phenoxy) is 4. The van der Waals surface area contributed by atoms with Crippen LogP contribution in [0, 0.1) is 0 Å². The lowest BCUT2D eigenvalue weighted by molar-refractivity contribution is -0.123. The molecule has 0 spiro atoms. The maximum Gasteiger partial charge on any atom is 0.343 e. The van der Waals surface area contributed by atoms with Crippen molar-refractivity contribution in [2.75, 3.05) is 19.8 Å². The summed E-state index contributed by atoms with van der Waals surface area (Å²) in [5.41, 5.74) is 3.40. The van der Waals surface area contributed by atoms with Gasteiger partial charge in [0.25, 0.3) is 5.91 Å². The van der Waals surface area contributed by atoms with Gasteiger partial charge >= 0.3 is 5.97 Å². The summed E-state index contributed by atoms with van der Waals surface area (Å²) in [6, 6.07) is 18.4. The molecule has 0 radical (unpaired) electrons. The van der Waals surface area contributed by atoms with Crippen molar-refractivity contribution >= 4 is 29.7 Å². The maximum absolute atomic E-state index is 12.6. The van der Waals surface area contributed by atoms with Crippen LogP contribution in [-0.2, 0) is 4.79 Å². The zero-order valence-corrected chi connectivity index (χ0v) is 20.8. The Labute approximate surface area is 214 Å². The van der Waals surface area contributed by atoms with Gasteiger partial charge in [0.1, 0.15) is 11.5 Å². The fourth-order valence-electron chi connectivity index (χ4n) is 2.94. The van der Waals surface area contributed by atoms with E-state index < -0.39 is 11.9 Å². The van der Waals surface area contributed by atoms with E-state index in [4.69, 9.17) is 30.5 Å². The van der Waals surface area contributed by atoms with Crippen LogP contribution in [0.4, 0.5) is 0 Å². The molecule has 3 aromatic carbocycles. The highest BCUT2D eigenvalue weighted by Gasteiger charge is 2.13. The van der Waals surface area contributed by atoms with Crippen LogP contribution >= 0.6 is 11.6 Å². The summed E-state index contributed by atoms with van der Waals surface area (Å²) in [5, 5.41) is 4.45. The molecule has 0 aliphatic heterocycles. The van der Waals surface area contributed by atoms with Gasteiger partial charge in [0.05, 0.1) is 25.0 Å². The Morgan fingerprint density at radius 1 is 0.917 bits per heavy atom. The van der Waals surface area contributed by atoms with Gasteiger partial charge in [0, 0.05) is 5.02 Å². The van der Waals surface area contributed by atoms with Gasteiger partial charge in [-0.3, -0.25) is 4.79 Å². The van der Waals surface area contributed by atoms with Gasteiger partial charge in [-0.05, 0) is 79.6 Å². The van der Waals surface area contributed by atoms with E-state index in [1.54, 1.807) is 66.7 Å². The van der Waals surface area contributed by atoms with Crippen LogP contribution in [0.5, 0.6) is 23.0 Å². The van der Waals surface area contributed by atoms with Crippen molar-refractivity contribution in [2.24, 2.45) is 5.10 Å². The minimum Gasteiger partial charge on any atom is -0.494 e. The number of nitrogens with zero attached hydrogens (tertiary/aromatic N) is 1. The third-order valence-electron chi connectivity index (χ3n) is 4.60. The molecule has 1 amide bonds. The van der Waals surface area contributed by atoms with Crippen LogP contribution < -0.4 is 24.4 Å². The molecule has 0 fully saturated rings. The molecule has 9 heteroatoms. The Morgan fingerprint density at radius 3 is 2.44 bits per heavy atom. The van der Waals surface area contributed by atoms with E-state index in [2.05, 4.69) is 10.5 Å². The first-order valence-electron chi connectivity index (χ1n) is 11.4. The number of rotatable bonds is 12. The van der Waals surface area contributed by atoms with Crippen LogP contribution in [-0.4, -0.2) is 37.9 Å². The second-order valence-corrected chi connectivity index (χ2v) is 7.88. The molecule has 188 valence electrons. The fraction of sp³-hybridized carbons (Fsp3) is 0.222. The SMILES string of the molecule is CCCOc1ccc(C(=O)Oc2ccc(/C=N/NC(=O)COc3cccc(Cl)c3)cc2OCC)cc1. The summed E-state index contributed by atoms with van der Waals surface area (Å²) in [7, 11) is 0. The molecular formula is C27H27ClN2O6. The Kier molecular flexibility index (Phi) is 10.1. The van der Waals surface area contributed by atoms with Gasteiger partial charge in [-0.15, -0.1) is 0 Å². The van der Waals surface area contributed by atoms with Gasteiger partial charge in [-0.1, -0.05) is 24.6 Å².